The lowest BCUT2D eigenvalue weighted by Gasteiger charge is -2.16. The van der Waals surface area contributed by atoms with E-state index >= 15 is 0 Å². The van der Waals surface area contributed by atoms with Crippen molar-refractivity contribution in [2.24, 2.45) is 0 Å². The van der Waals surface area contributed by atoms with Crippen molar-refractivity contribution < 1.29 is 14.1 Å². The molecular formula is C13H21NO3S. The van der Waals surface area contributed by atoms with Crippen molar-refractivity contribution in [1.82, 2.24) is 5.32 Å². The summed E-state index contributed by atoms with van der Waals surface area (Å²) in [6.07, 6.45) is 1.05. The number of aliphatic hydroxyl groups is 1. The van der Waals surface area contributed by atoms with Crippen molar-refractivity contribution in [2.45, 2.75) is 13.0 Å². The molecule has 0 fully saturated rings. The number of hydrogen-bond donors (Lipinski definition) is 2. The number of benzene rings is 1. The van der Waals surface area contributed by atoms with Gasteiger partial charge in [0.1, 0.15) is 5.75 Å². The molecule has 1 aromatic rings. The van der Waals surface area contributed by atoms with Gasteiger partial charge in [-0.25, -0.2) is 0 Å². The van der Waals surface area contributed by atoms with Gasteiger partial charge >= 0.3 is 0 Å². The highest BCUT2D eigenvalue weighted by Crippen LogP contribution is 2.25. The second-order valence-electron chi connectivity index (χ2n) is 4.24. The van der Waals surface area contributed by atoms with E-state index in [-0.39, 0.29) is 0 Å². The van der Waals surface area contributed by atoms with Crippen LogP contribution in [-0.2, 0) is 10.8 Å². The first-order chi connectivity index (χ1) is 8.54. The summed E-state index contributed by atoms with van der Waals surface area (Å²) in [4.78, 5) is 0. The van der Waals surface area contributed by atoms with Gasteiger partial charge in [-0.15, -0.1) is 0 Å². The highest BCUT2D eigenvalue weighted by atomic mass is 32.2. The van der Waals surface area contributed by atoms with E-state index in [1.54, 1.807) is 13.4 Å². The monoisotopic (exact) mass is 271 g/mol. The predicted octanol–water partition coefficient (Wildman–Crippen LogP) is 1.01. The predicted molar refractivity (Wildman–Crippen MR) is 74.5 cm³/mol. The molecule has 0 aliphatic heterocycles. The minimum atomic E-state index is -0.803. The zero-order valence-electron chi connectivity index (χ0n) is 11.1. The van der Waals surface area contributed by atoms with Crippen LogP contribution in [0.4, 0.5) is 0 Å². The lowest BCUT2D eigenvalue weighted by molar-refractivity contribution is 0.171. The average molecular weight is 271 g/mol. The van der Waals surface area contributed by atoms with Crippen LogP contribution < -0.4 is 10.1 Å². The molecule has 0 heterocycles. The first kappa shape index (κ1) is 15.1. The minimum absolute atomic E-state index is 0.428. The average Bonchev–Trinajstić information content (AvgIpc) is 2.34. The van der Waals surface area contributed by atoms with Crippen LogP contribution in [-0.4, -0.2) is 41.5 Å². The number of methoxy groups -OCH3 is 1. The third kappa shape index (κ3) is 4.76. The van der Waals surface area contributed by atoms with Gasteiger partial charge in [-0.3, -0.25) is 4.21 Å². The third-order valence-corrected chi connectivity index (χ3v) is 3.43. The standard InChI is InChI=1S/C13H21NO3S/c1-10-4-5-13(17-2)11(8-10)12(15)9-14-6-7-18(3)16/h4-5,8,12,14-15H,6-7,9H2,1-3H3. The Kier molecular flexibility index (Phi) is 6.32. The Bertz CT molecular complexity index is 409. The summed E-state index contributed by atoms with van der Waals surface area (Å²) in [5, 5.41) is 13.2. The zero-order chi connectivity index (χ0) is 13.5. The van der Waals surface area contributed by atoms with Crippen LogP contribution in [0, 0.1) is 6.92 Å². The molecule has 18 heavy (non-hydrogen) atoms. The molecule has 0 aliphatic carbocycles. The number of ether oxygens (including phenoxy) is 1. The van der Waals surface area contributed by atoms with Gasteiger partial charge in [0.2, 0.25) is 0 Å². The topological polar surface area (TPSA) is 58.6 Å². The molecule has 0 aliphatic rings. The molecule has 2 atom stereocenters. The van der Waals surface area contributed by atoms with Crippen LogP contribution >= 0.6 is 0 Å². The van der Waals surface area contributed by atoms with Crippen LogP contribution in [0.3, 0.4) is 0 Å². The van der Waals surface area contributed by atoms with Gasteiger partial charge < -0.3 is 15.2 Å². The first-order valence-corrected chi connectivity index (χ1v) is 7.60. The maximum absolute atomic E-state index is 10.9. The number of aliphatic hydroxyl groups excluding tert-OH is 1. The summed E-state index contributed by atoms with van der Waals surface area (Å²) in [6.45, 7) is 3.04. The molecule has 4 nitrogen and oxygen atoms in total. The highest BCUT2D eigenvalue weighted by molar-refractivity contribution is 7.84. The third-order valence-electron chi connectivity index (χ3n) is 2.65. The van der Waals surface area contributed by atoms with Gasteiger partial charge in [0.25, 0.3) is 0 Å². The Morgan fingerprint density at radius 1 is 1.50 bits per heavy atom. The van der Waals surface area contributed by atoms with E-state index in [0.29, 0.717) is 24.6 Å². The molecular weight excluding hydrogens is 250 g/mol. The molecule has 5 heteroatoms. The molecule has 0 saturated carbocycles. The molecule has 1 rings (SSSR count). The van der Waals surface area contributed by atoms with Crippen molar-refractivity contribution in [3.05, 3.63) is 29.3 Å². The van der Waals surface area contributed by atoms with Crippen LogP contribution in [0.2, 0.25) is 0 Å². The molecule has 0 radical (unpaired) electrons. The van der Waals surface area contributed by atoms with Crippen molar-refractivity contribution in [1.29, 1.82) is 0 Å². The van der Waals surface area contributed by atoms with E-state index in [9.17, 15) is 9.32 Å². The number of hydrogen-bond acceptors (Lipinski definition) is 4. The summed E-state index contributed by atoms with van der Waals surface area (Å²) in [6, 6.07) is 5.72. The van der Waals surface area contributed by atoms with E-state index < -0.39 is 16.9 Å². The van der Waals surface area contributed by atoms with Gasteiger partial charge in [-0.1, -0.05) is 11.6 Å². The maximum atomic E-state index is 10.9. The maximum Gasteiger partial charge on any atom is 0.124 e. The second-order valence-corrected chi connectivity index (χ2v) is 5.80. The van der Waals surface area contributed by atoms with Gasteiger partial charge in [0.05, 0.1) is 13.2 Å². The fourth-order valence-corrected chi connectivity index (χ4v) is 2.11. The fraction of sp³-hybridized carbons (Fsp3) is 0.538. The molecule has 2 N–H and O–H groups in total. The quantitative estimate of drug-likeness (QED) is 0.727. The molecule has 102 valence electrons. The first-order valence-electron chi connectivity index (χ1n) is 5.88. The summed E-state index contributed by atoms with van der Waals surface area (Å²) in [5.41, 5.74) is 1.86. The largest absolute Gasteiger partial charge is 0.496 e. The van der Waals surface area contributed by atoms with E-state index in [2.05, 4.69) is 5.32 Å². The van der Waals surface area contributed by atoms with Crippen molar-refractivity contribution in [2.75, 3.05) is 32.2 Å². The summed E-state index contributed by atoms with van der Waals surface area (Å²) < 4.78 is 16.1. The molecule has 1 aromatic carbocycles. The molecule has 0 spiro atoms. The van der Waals surface area contributed by atoms with E-state index in [1.165, 1.54) is 0 Å². The smallest absolute Gasteiger partial charge is 0.124 e. The minimum Gasteiger partial charge on any atom is -0.496 e. The molecule has 0 amide bonds. The fourth-order valence-electron chi connectivity index (χ4n) is 1.68. The summed E-state index contributed by atoms with van der Waals surface area (Å²) in [7, 11) is 0.789. The Morgan fingerprint density at radius 3 is 2.83 bits per heavy atom. The Balaban J connectivity index is 2.57. The lowest BCUT2D eigenvalue weighted by atomic mass is 10.1. The summed E-state index contributed by atoms with van der Waals surface area (Å²) in [5.74, 6) is 1.28. The van der Waals surface area contributed by atoms with Gasteiger partial charge in [-0.2, -0.15) is 0 Å². The van der Waals surface area contributed by atoms with E-state index in [0.717, 1.165) is 11.1 Å². The zero-order valence-corrected chi connectivity index (χ0v) is 11.9. The molecule has 2 unspecified atom stereocenters. The number of rotatable bonds is 7. The second kappa shape index (κ2) is 7.51. The van der Waals surface area contributed by atoms with Gasteiger partial charge in [-0.05, 0) is 19.1 Å². The van der Waals surface area contributed by atoms with Gasteiger partial charge in [0, 0.05) is 41.5 Å². The molecule has 0 saturated heterocycles. The van der Waals surface area contributed by atoms with Gasteiger partial charge in [0.15, 0.2) is 0 Å². The lowest BCUT2D eigenvalue weighted by Crippen LogP contribution is -2.25. The molecule has 0 bridgehead atoms. The van der Waals surface area contributed by atoms with Crippen molar-refractivity contribution in [3.8, 4) is 5.75 Å². The SMILES string of the molecule is COc1ccc(C)cc1C(O)CNCCS(C)=O. The molecule has 0 aromatic heterocycles. The Labute approximate surface area is 111 Å². The summed E-state index contributed by atoms with van der Waals surface area (Å²) >= 11 is 0. The van der Waals surface area contributed by atoms with Crippen LogP contribution in [0.15, 0.2) is 18.2 Å². The van der Waals surface area contributed by atoms with Crippen molar-refractivity contribution >= 4 is 10.8 Å². The normalized spacial score (nSPS) is 14.2. The van der Waals surface area contributed by atoms with E-state index in [4.69, 9.17) is 4.74 Å². The van der Waals surface area contributed by atoms with Crippen LogP contribution in [0.5, 0.6) is 5.75 Å². The van der Waals surface area contributed by atoms with Crippen molar-refractivity contribution in [3.63, 3.8) is 0 Å². The Morgan fingerprint density at radius 2 is 2.22 bits per heavy atom. The Hall–Kier alpha value is -0.910. The number of nitrogens with one attached hydrogen (secondary N) is 1. The van der Waals surface area contributed by atoms with Crippen LogP contribution in [0.1, 0.15) is 17.2 Å². The highest BCUT2D eigenvalue weighted by Gasteiger charge is 2.12. The van der Waals surface area contributed by atoms with E-state index in [1.807, 2.05) is 25.1 Å². The van der Waals surface area contributed by atoms with Crippen LogP contribution in [0.25, 0.3) is 0 Å². The number of aryl methyl sites for hydroxylation is 1.